The minimum absolute atomic E-state index is 0.0251. The topological polar surface area (TPSA) is 65.2 Å². The highest BCUT2D eigenvalue weighted by Crippen LogP contribution is 2.39. The summed E-state index contributed by atoms with van der Waals surface area (Å²) in [5, 5.41) is 30.5. The highest BCUT2D eigenvalue weighted by molar-refractivity contribution is 6.30. The molecule has 0 unspecified atom stereocenters. The van der Waals surface area contributed by atoms with Crippen LogP contribution < -0.4 is 0 Å². The second-order valence-electron chi connectivity index (χ2n) is 6.95. The van der Waals surface area contributed by atoms with E-state index in [1.165, 1.54) is 17.7 Å². The molecule has 3 aromatic rings. The summed E-state index contributed by atoms with van der Waals surface area (Å²) in [6.45, 7) is 6.45. The fourth-order valence-electron chi connectivity index (χ4n) is 2.55. The predicted octanol–water partition coefficient (Wildman–Crippen LogP) is 6.62. The number of benzene rings is 3. The summed E-state index contributed by atoms with van der Waals surface area (Å²) in [6.07, 6.45) is 0. The fraction of sp³-hybridized carbons (Fsp3) is 0.200. The van der Waals surface area contributed by atoms with E-state index in [0.717, 1.165) is 10.8 Å². The van der Waals surface area contributed by atoms with E-state index in [-0.39, 0.29) is 22.6 Å². The van der Waals surface area contributed by atoms with E-state index in [4.69, 9.17) is 11.6 Å². The molecule has 0 aliphatic heterocycles. The van der Waals surface area contributed by atoms with Gasteiger partial charge in [-0.25, -0.2) is 0 Å². The summed E-state index contributed by atoms with van der Waals surface area (Å²) in [5.74, 6) is 0.00386. The van der Waals surface area contributed by atoms with Gasteiger partial charge in [-0.1, -0.05) is 56.6 Å². The Kier molecular flexibility index (Phi) is 4.39. The largest absolute Gasteiger partial charge is 0.506 e. The van der Waals surface area contributed by atoms with Crippen molar-refractivity contribution in [1.29, 1.82) is 0 Å². The van der Waals surface area contributed by atoms with Crippen LogP contribution in [0.1, 0.15) is 26.3 Å². The first kappa shape index (κ1) is 17.2. The third-order valence-electron chi connectivity index (χ3n) is 4.03. The Hall–Kier alpha value is -2.59. The Morgan fingerprint density at radius 2 is 1.56 bits per heavy atom. The number of phenolic OH excluding ortho intramolecular Hbond substituents is 2. The van der Waals surface area contributed by atoms with Crippen LogP contribution in [-0.2, 0) is 5.41 Å². The molecule has 128 valence electrons. The van der Waals surface area contributed by atoms with Gasteiger partial charge in [0.15, 0.2) is 0 Å². The summed E-state index contributed by atoms with van der Waals surface area (Å²) < 4.78 is 0. The summed E-state index contributed by atoms with van der Waals surface area (Å²) in [6, 6.07) is 14.0. The Morgan fingerprint density at radius 1 is 0.840 bits per heavy atom. The standard InChI is InChI=1S/C20H19ClN2O2/c1-20(2,3)13-5-7-15-12(10-13)4-8-18(25)19(15)23-22-16-11-14(21)6-9-17(16)24/h4-11,24-25H,1-3H3. The van der Waals surface area contributed by atoms with Crippen LogP contribution >= 0.6 is 11.6 Å². The summed E-state index contributed by atoms with van der Waals surface area (Å²) in [4.78, 5) is 0. The first-order valence-electron chi connectivity index (χ1n) is 7.92. The maximum absolute atomic E-state index is 10.2. The van der Waals surface area contributed by atoms with E-state index in [1.54, 1.807) is 12.1 Å². The average molecular weight is 355 g/mol. The lowest BCUT2D eigenvalue weighted by Crippen LogP contribution is -2.10. The minimum Gasteiger partial charge on any atom is -0.506 e. The van der Waals surface area contributed by atoms with Gasteiger partial charge in [-0.2, -0.15) is 0 Å². The lowest BCUT2D eigenvalue weighted by atomic mass is 9.86. The SMILES string of the molecule is CC(C)(C)c1ccc2c(N=Nc3cc(Cl)ccc3O)c(O)ccc2c1. The summed E-state index contributed by atoms with van der Waals surface area (Å²) in [5.41, 5.74) is 1.83. The van der Waals surface area contributed by atoms with Crippen molar-refractivity contribution in [2.24, 2.45) is 10.2 Å². The lowest BCUT2D eigenvalue weighted by Gasteiger charge is -2.19. The smallest absolute Gasteiger partial charge is 0.143 e. The van der Waals surface area contributed by atoms with Gasteiger partial charge >= 0.3 is 0 Å². The van der Waals surface area contributed by atoms with E-state index in [2.05, 4.69) is 37.1 Å². The molecule has 25 heavy (non-hydrogen) atoms. The number of azo groups is 1. The highest BCUT2D eigenvalue weighted by Gasteiger charge is 2.15. The molecule has 3 rings (SSSR count). The molecule has 0 amide bonds. The highest BCUT2D eigenvalue weighted by atomic mass is 35.5. The number of hydrogen-bond donors (Lipinski definition) is 2. The van der Waals surface area contributed by atoms with E-state index >= 15 is 0 Å². The molecule has 0 fully saturated rings. The van der Waals surface area contributed by atoms with Gasteiger partial charge in [0.05, 0.1) is 0 Å². The average Bonchev–Trinajstić information content (AvgIpc) is 2.55. The van der Waals surface area contributed by atoms with Gasteiger partial charge in [0.2, 0.25) is 0 Å². The van der Waals surface area contributed by atoms with Gasteiger partial charge in [-0.15, -0.1) is 10.2 Å². The van der Waals surface area contributed by atoms with Gasteiger partial charge in [-0.05, 0) is 40.6 Å². The molecule has 0 saturated heterocycles. The molecular weight excluding hydrogens is 336 g/mol. The third kappa shape index (κ3) is 3.59. The molecule has 0 aliphatic carbocycles. The molecule has 0 saturated carbocycles. The van der Waals surface area contributed by atoms with Gasteiger partial charge in [0, 0.05) is 10.4 Å². The molecule has 0 heterocycles. The molecule has 0 aliphatic rings. The molecule has 0 aromatic heterocycles. The molecule has 4 nitrogen and oxygen atoms in total. The molecule has 0 radical (unpaired) electrons. The Morgan fingerprint density at radius 3 is 2.28 bits per heavy atom. The maximum Gasteiger partial charge on any atom is 0.143 e. The number of halogens is 1. The van der Waals surface area contributed by atoms with Gasteiger partial charge in [0.1, 0.15) is 22.9 Å². The van der Waals surface area contributed by atoms with Crippen LogP contribution in [0.3, 0.4) is 0 Å². The number of rotatable bonds is 2. The predicted molar refractivity (Wildman–Crippen MR) is 102 cm³/mol. The second-order valence-corrected chi connectivity index (χ2v) is 7.39. The van der Waals surface area contributed by atoms with Gasteiger partial charge in [-0.3, -0.25) is 0 Å². The van der Waals surface area contributed by atoms with Crippen molar-refractivity contribution in [1.82, 2.24) is 0 Å². The zero-order valence-electron chi connectivity index (χ0n) is 14.3. The third-order valence-corrected chi connectivity index (χ3v) is 4.27. The molecule has 5 heteroatoms. The van der Waals surface area contributed by atoms with Crippen LogP contribution in [-0.4, -0.2) is 10.2 Å². The van der Waals surface area contributed by atoms with Crippen molar-refractivity contribution in [3.05, 3.63) is 59.1 Å². The monoisotopic (exact) mass is 354 g/mol. The molecular formula is C20H19ClN2O2. The lowest BCUT2D eigenvalue weighted by molar-refractivity contribution is 0.474. The first-order valence-corrected chi connectivity index (χ1v) is 8.30. The zero-order valence-corrected chi connectivity index (χ0v) is 15.0. The van der Waals surface area contributed by atoms with E-state index < -0.39 is 0 Å². The zero-order chi connectivity index (χ0) is 18.2. The number of fused-ring (bicyclic) bond motifs is 1. The molecule has 0 atom stereocenters. The summed E-state index contributed by atoms with van der Waals surface area (Å²) >= 11 is 5.92. The second kappa shape index (κ2) is 6.37. The van der Waals surface area contributed by atoms with Crippen molar-refractivity contribution in [2.45, 2.75) is 26.2 Å². The van der Waals surface area contributed by atoms with Crippen molar-refractivity contribution < 1.29 is 10.2 Å². The normalized spacial score (nSPS) is 12.2. The summed E-state index contributed by atoms with van der Waals surface area (Å²) in [7, 11) is 0. The molecule has 0 bridgehead atoms. The van der Waals surface area contributed by atoms with Crippen LogP contribution in [0.2, 0.25) is 5.02 Å². The first-order chi connectivity index (χ1) is 11.8. The fourth-order valence-corrected chi connectivity index (χ4v) is 2.72. The Balaban J connectivity index is 2.11. The van der Waals surface area contributed by atoms with Crippen molar-refractivity contribution >= 4 is 33.7 Å². The van der Waals surface area contributed by atoms with Crippen molar-refractivity contribution in [3.63, 3.8) is 0 Å². The van der Waals surface area contributed by atoms with E-state index in [1.807, 2.05) is 18.2 Å². The molecule has 0 spiro atoms. The number of nitrogens with zero attached hydrogens (tertiary/aromatic N) is 2. The van der Waals surface area contributed by atoms with Gasteiger partial charge < -0.3 is 10.2 Å². The number of phenols is 2. The van der Waals surface area contributed by atoms with Crippen molar-refractivity contribution in [3.8, 4) is 11.5 Å². The van der Waals surface area contributed by atoms with Crippen LogP contribution in [0.15, 0.2) is 58.8 Å². The van der Waals surface area contributed by atoms with E-state index in [0.29, 0.717) is 10.7 Å². The Bertz CT molecular complexity index is 975. The molecule has 2 N–H and O–H groups in total. The van der Waals surface area contributed by atoms with Crippen LogP contribution in [0.25, 0.3) is 10.8 Å². The minimum atomic E-state index is -0.0251. The van der Waals surface area contributed by atoms with Crippen LogP contribution in [0.5, 0.6) is 11.5 Å². The Labute approximate surface area is 151 Å². The quantitative estimate of drug-likeness (QED) is 0.508. The number of hydrogen-bond acceptors (Lipinski definition) is 4. The van der Waals surface area contributed by atoms with Gasteiger partial charge in [0.25, 0.3) is 0 Å². The number of aromatic hydroxyl groups is 2. The van der Waals surface area contributed by atoms with Crippen LogP contribution in [0, 0.1) is 0 Å². The maximum atomic E-state index is 10.2. The van der Waals surface area contributed by atoms with E-state index in [9.17, 15) is 10.2 Å². The van der Waals surface area contributed by atoms with Crippen LogP contribution in [0.4, 0.5) is 11.4 Å². The van der Waals surface area contributed by atoms with Crippen molar-refractivity contribution in [2.75, 3.05) is 0 Å². The molecule has 3 aromatic carbocycles.